The normalized spacial score (nSPS) is 11.6. The maximum Gasteiger partial charge on any atom is 0.240 e. The lowest BCUT2D eigenvalue weighted by molar-refractivity contribution is 0.196. The second-order valence-electron chi connectivity index (χ2n) is 3.43. The second-order valence-corrected chi connectivity index (χ2v) is 5.19. The van der Waals surface area contributed by atoms with Crippen LogP contribution in [-0.2, 0) is 14.8 Å². The largest absolute Gasteiger partial charge is 0.396 e. The van der Waals surface area contributed by atoms with Gasteiger partial charge in [-0.25, -0.2) is 17.5 Å². The number of methoxy groups -OCH3 is 1. The van der Waals surface area contributed by atoms with E-state index in [9.17, 15) is 12.8 Å². The molecule has 1 aromatic rings. The Kier molecular flexibility index (Phi) is 4.86. The zero-order valence-electron chi connectivity index (χ0n) is 9.44. The van der Waals surface area contributed by atoms with Crippen molar-refractivity contribution in [2.75, 3.05) is 26.0 Å². The Labute approximate surface area is 99.8 Å². The number of ether oxygens (including phenoxy) is 1. The van der Waals surface area contributed by atoms with Crippen LogP contribution in [0, 0.1) is 5.82 Å². The Morgan fingerprint density at radius 2 is 2.18 bits per heavy atom. The van der Waals surface area contributed by atoms with Gasteiger partial charge < -0.3 is 10.5 Å². The van der Waals surface area contributed by atoms with E-state index < -0.39 is 15.8 Å². The van der Waals surface area contributed by atoms with Gasteiger partial charge in [-0.2, -0.15) is 0 Å². The van der Waals surface area contributed by atoms with Crippen LogP contribution in [0.1, 0.15) is 6.42 Å². The van der Waals surface area contributed by atoms with Crippen molar-refractivity contribution < 1.29 is 17.5 Å². The smallest absolute Gasteiger partial charge is 0.240 e. The van der Waals surface area contributed by atoms with Crippen LogP contribution in [0.5, 0.6) is 0 Å². The molecule has 0 bridgehead atoms. The number of sulfonamides is 1. The molecule has 0 atom stereocenters. The van der Waals surface area contributed by atoms with Crippen LogP contribution in [0.15, 0.2) is 23.1 Å². The van der Waals surface area contributed by atoms with E-state index in [1.165, 1.54) is 19.2 Å². The summed E-state index contributed by atoms with van der Waals surface area (Å²) in [5.41, 5.74) is 5.18. The summed E-state index contributed by atoms with van der Waals surface area (Å²) in [5, 5.41) is 0. The Bertz CT molecular complexity index is 476. The predicted octanol–water partition coefficient (Wildman–Crippen LogP) is 0.723. The molecule has 96 valence electrons. The van der Waals surface area contributed by atoms with Crippen molar-refractivity contribution in [3.05, 3.63) is 24.0 Å². The molecule has 0 unspecified atom stereocenters. The van der Waals surface area contributed by atoms with E-state index in [4.69, 9.17) is 10.5 Å². The molecule has 0 aliphatic carbocycles. The summed E-state index contributed by atoms with van der Waals surface area (Å²) in [6.45, 7) is 0.695. The van der Waals surface area contributed by atoms with Gasteiger partial charge in [-0.15, -0.1) is 0 Å². The maximum absolute atomic E-state index is 13.1. The zero-order valence-corrected chi connectivity index (χ0v) is 10.3. The van der Waals surface area contributed by atoms with E-state index in [2.05, 4.69) is 4.72 Å². The summed E-state index contributed by atoms with van der Waals surface area (Å²) in [4.78, 5) is -0.137. The lowest BCUT2D eigenvalue weighted by atomic mass is 10.3. The number of anilines is 1. The Morgan fingerprint density at radius 3 is 2.76 bits per heavy atom. The van der Waals surface area contributed by atoms with E-state index in [0.717, 1.165) is 6.07 Å². The van der Waals surface area contributed by atoms with Crippen LogP contribution < -0.4 is 10.5 Å². The minimum Gasteiger partial charge on any atom is -0.396 e. The summed E-state index contributed by atoms with van der Waals surface area (Å²) in [6, 6.07) is 3.38. The highest BCUT2D eigenvalue weighted by molar-refractivity contribution is 7.89. The van der Waals surface area contributed by atoms with Crippen molar-refractivity contribution in [2.24, 2.45) is 0 Å². The molecule has 17 heavy (non-hydrogen) atoms. The molecule has 0 aliphatic heterocycles. The Hall–Kier alpha value is -1.18. The van der Waals surface area contributed by atoms with Crippen molar-refractivity contribution in [3.8, 4) is 0 Å². The fourth-order valence-electron chi connectivity index (χ4n) is 1.18. The minimum absolute atomic E-state index is 0.0802. The number of halogens is 1. The fraction of sp³-hybridized carbons (Fsp3) is 0.400. The van der Waals surface area contributed by atoms with Gasteiger partial charge in [-0.1, -0.05) is 0 Å². The fourth-order valence-corrected chi connectivity index (χ4v) is 2.27. The lowest BCUT2D eigenvalue weighted by Gasteiger charge is -2.07. The van der Waals surface area contributed by atoms with Gasteiger partial charge in [-0.05, 0) is 24.6 Å². The first-order valence-electron chi connectivity index (χ1n) is 5.01. The van der Waals surface area contributed by atoms with Crippen LogP contribution in [-0.4, -0.2) is 28.7 Å². The molecule has 3 N–H and O–H groups in total. The quantitative estimate of drug-likeness (QED) is 0.584. The lowest BCUT2D eigenvalue weighted by Crippen LogP contribution is -2.25. The molecule has 0 saturated carbocycles. The van der Waals surface area contributed by atoms with Crippen molar-refractivity contribution in [1.82, 2.24) is 4.72 Å². The number of nitrogens with one attached hydrogen (secondary N) is 1. The topological polar surface area (TPSA) is 81.4 Å². The van der Waals surface area contributed by atoms with E-state index >= 15 is 0 Å². The molecule has 0 aromatic heterocycles. The maximum atomic E-state index is 13.1. The van der Waals surface area contributed by atoms with Crippen LogP contribution in [0.4, 0.5) is 10.1 Å². The van der Waals surface area contributed by atoms with Gasteiger partial charge in [0, 0.05) is 20.3 Å². The molecule has 0 spiro atoms. The Morgan fingerprint density at radius 1 is 1.47 bits per heavy atom. The van der Waals surface area contributed by atoms with Crippen LogP contribution >= 0.6 is 0 Å². The molecule has 7 heteroatoms. The first-order valence-corrected chi connectivity index (χ1v) is 6.49. The van der Waals surface area contributed by atoms with Gasteiger partial charge in [0.25, 0.3) is 0 Å². The molecule has 0 radical (unpaired) electrons. The van der Waals surface area contributed by atoms with Gasteiger partial charge in [0.05, 0.1) is 10.6 Å². The van der Waals surface area contributed by atoms with Gasteiger partial charge in [0.1, 0.15) is 5.82 Å². The highest BCUT2D eigenvalue weighted by Gasteiger charge is 2.14. The number of hydrogen-bond acceptors (Lipinski definition) is 4. The molecule has 0 aliphatic rings. The molecule has 5 nitrogen and oxygen atoms in total. The van der Waals surface area contributed by atoms with Gasteiger partial charge in [-0.3, -0.25) is 0 Å². The third-order valence-corrected chi connectivity index (χ3v) is 3.56. The van der Waals surface area contributed by atoms with Crippen LogP contribution in [0.2, 0.25) is 0 Å². The molecule has 1 aromatic carbocycles. The standard InChI is InChI=1S/C10H15FN2O3S/c1-16-6-2-5-13-17(14,15)8-3-4-10(12)9(11)7-8/h3-4,7,13H,2,5-6,12H2,1H3. The van der Waals surface area contributed by atoms with Crippen LogP contribution in [0.25, 0.3) is 0 Å². The van der Waals surface area contributed by atoms with Gasteiger partial charge in [0.15, 0.2) is 0 Å². The third-order valence-electron chi connectivity index (χ3n) is 2.10. The van der Waals surface area contributed by atoms with E-state index in [-0.39, 0.29) is 17.1 Å². The summed E-state index contributed by atoms with van der Waals surface area (Å²) in [7, 11) is -2.15. The highest BCUT2D eigenvalue weighted by atomic mass is 32.2. The molecule has 1 rings (SSSR count). The summed E-state index contributed by atoms with van der Waals surface area (Å²) in [5.74, 6) is -0.746. The van der Waals surface area contributed by atoms with Crippen molar-refractivity contribution in [3.63, 3.8) is 0 Å². The van der Waals surface area contributed by atoms with E-state index in [0.29, 0.717) is 13.0 Å². The number of nitrogen functional groups attached to an aromatic ring is 1. The Balaban J connectivity index is 2.72. The molecule has 0 saturated heterocycles. The first-order chi connectivity index (χ1) is 7.97. The molecular weight excluding hydrogens is 247 g/mol. The highest BCUT2D eigenvalue weighted by Crippen LogP contribution is 2.15. The molecule has 0 heterocycles. The number of rotatable bonds is 6. The van der Waals surface area contributed by atoms with Crippen LogP contribution in [0.3, 0.4) is 0 Å². The molecular formula is C10H15FN2O3S. The van der Waals surface area contributed by atoms with Crippen molar-refractivity contribution in [2.45, 2.75) is 11.3 Å². The summed E-state index contributed by atoms with van der Waals surface area (Å²) >= 11 is 0. The van der Waals surface area contributed by atoms with Crippen molar-refractivity contribution >= 4 is 15.7 Å². The average Bonchev–Trinajstić information content (AvgIpc) is 2.28. The van der Waals surface area contributed by atoms with E-state index in [1.54, 1.807) is 0 Å². The third kappa shape index (κ3) is 3.95. The minimum atomic E-state index is -3.68. The zero-order chi connectivity index (χ0) is 12.9. The number of hydrogen-bond donors (Lipinski definition) is 2. The summed E-state index contributed by atoms with van der Waals surface area (Å²) < 4.78 is 43.6. The summed E-state index contributed by atoms with van der Waals surface area (Å²) in [6.07, 6.45) is 0.549. The van der Waals surface area contributed by atoms with Crippen molar-refractivity contribution in [1.29, 1.82) is 0 Å². The molecule has 0 amide bonds. The van der Waals surface area contributed by atoms with Gasteiger partial charge >= 0.3 is 0 Å². The number of benzene rings is 1. The molecule has 0 fully saturated rings. The first kappa shape index (κ1) is 13.9. The average molecular weight is 262 g/mol. The SMILES string of the molecule is COCCCNS(=O)(=O)c1ccc(N)c(F)c1. The number of nitrogens with two attached hydrogens (primary N) is 1. The second kappa shape index (κ2) is 5.95. The predicted molar refractivity (Wildman–Crippen MR) is 62.5 cm³/mol. The monoisotopic (exact) mass is 262 g/mol. The van der Waals surface area contributed by atoms with Gasteiger partial charge in [0.2, 0.25) is 10.0 Å². The van der Waals surface area contributed by atoms with E-state index in [1.807, 2.05) is 0 Å².